The molecule has 6 heteroatoms. The molecule has 0 aliphatic carbocycles. The number of ether oxygens (including phenoxy) is 1. The van der Waals surface area contributed by atoms with Crippen LogP contribution in [0, 0.1) is 0 Å². The SMILES string of the molecule is C[C@H](c1ccccc1)N(C[C@@H]1CCC=CO1)C(=O)C(F)(F)F. The maximum absolute atomic E-state index is 12.9. The quantitative estimate of drug-likeness (QED) is 0.845. The molecule has 0 radical (unpaired) electrons. The Morgan fingerprint density at radius 2 is 2.05 bits per heavy atom. The van der Waals surface area contributed by atoms with Crippen molar-refractivity contribution < 1.29 is 22.7 Å². The molecule has 1 aromatic carbocycles. The van der Waals surface area contributed by atoms with Gasteiger partial charge in [0.05, 0.1) is 18.8 Å². The van der Waals surface area contributed by atoms with Crippen molar-refractivity contribution >= 4 is 5.91 Å². The first-order chi connectivity index (χ1) is 10.4. The van der Waals surface area contributed by atoms with Gasteiger partial charge in [0.1, 0.15) is 6.10 Å². The molecule has 120 valence electrons. The summed E-state index contributed by atoms with van der Waals surface area (Å²) in [7, 11) is 0. The van der Waals surface area contributed by atoms with Crippen molar-refractivity contribution in [1.29, 1.82) is 0 Å². The Bertz CT molecular complexity index is 528. The zero-order valence-electron chi connectivity index (χ0n) is 12.2. The van der Waals surface area contributed by atoms with Gasteiger partial charge in [-0.15, -0.1) is 0 Å². The van der Waals surface area contributed by atoms with Gasteiger partial charge in [0.2, 0.25) is 0 Å². The third-order valence-electron chi connectivity index (χ3n) is 3.68. The van der Waals surface area contributed by atoms with Crippen molar-refractivity contribution in [2.75, 3.05) is 6.54 Å². The number of hydrogen-bond donors (Lipinski definition) is 0. The largest absolute Gasteiger partial charge is 0.497 e. The highest BCUT2D eigenvalue weighted by atomic mass is 19.4. The van der Waals surface area contributed by atoms with E-state index in [1.54, 1.807) is 37.3 Å². The van der Waals surface area contributed by atoms with Gasteiger partial charge in [-0.3, -0.25) is 4.79 Å². The predicted molar refractivity (Wildman–Crippen MR) is 75.9 cm³/mol. The van der Waals surface area contributed by atoms with Crippen LogP contribution >= 0.6 is 0 Å². The summed E-state index contributed by atoms with van der Waals surface area (Å²) in [5.41, 5.74) is 0.659. The van der Waals surface area contributed by atoms with Gasteiger partial charge < -0.3 is 9.64 Å². The lowest BCUT2D eigenvalue weighted by Crippen LogP contribution is -2.46. The highest BCUT2D eigenvalue weighted by Crippen LogP contribution is 2.28. The number of carbonyl (C=O) groups is 1. The third kappa shape index (κ3) is 4.02. The Kier molecular flexibility index (Phi) is 5.11. The molecule has 0 fully saturated rings. The Morgan fingerprint density at radius 3 is 2.59 bits per heavy atom. The van der Waals surface area contributed by atoms with Crippen LogP contribution < -0.4 is 0 Å². The molecule has 1 aliphatic rings. The van der Waals surface area contributed by atoms with Gasteiger partial charge in [-0.2, -0.15) is 13.2 Å². The summed E-state index contributed by atoms with van der Waals surface area (Å²) >= 11 is 0. The van der Waals surface area contributed by atoms with Crippen LogP contribution in [-0.2, 0) is 9.53 Å². The number of alkyl halides is 3. The van der Waals surface area contributed by atoms with E-state index in [0.717, 1.165) is 11.3 Å². The normalized spacial score (nSPS) is 19.4. The van der Waals surface area contributed by atoms with Gasteiger partial charge in [-0.05, 0) is 31.4 Å². The van der Waals surface area contributed by atoms with E-state index in [1.165, 1.54) is 6.26 Å². The zero-order chi connectivity index (χ0) is 16.2. The fourth-order valence-corrected chi connectivity index (χ4v) is 2.43. The summed E-state index contributed by atoms with van der Waals surface area (Å²) in [6.45, 7) is 1.51. The maximum atomic E-state index is 12.9. The van der Waals surface area contributed by atoms with Crippen LogP contribution in [0.25, 0.3) is 0 Å². The van der Waals surface area contributed by atoms with E-state index < -0.39 is 24.2 Å². The molecular weight excluding hydrogens is 295 g/mol. The maximum Gasteiger partial charge on any atom is 0.471 e. The second-order valence-electron chi connectivity index (χ2n) is 5.25. The molecule has 2 rings (SSSR count). The smallest absolute Gasteiger partial charge is 0.471 e. The van der Waals surface area contributed by atoms with Crippen molar-refractivity contribution in [2.45, 2.75) is 38.1 Å². The highest BCUT2D eigenvalue weighted by Gasteiger charge is 2.44. The molecule has 0 aromatic heterocycles. The summed E-state index contributed by atoms with van der Waals surface area (Å²) in [5, 5.41) is 0. The molecule has 1 aromatic rings. The van der Waals surface area contributed by atoms with E-state index in [9.17, 15) is 18.0 Å². The molecular formula is C16H18F3NO2. The fraction of sp³-hybridized carbons (Fsp3) is 0.438. The van der Waals surface area contributed by atoms with Crippen LogP contribution in [0.5, 0.6) is 0 Å². The van der Waals surface area contributed by atoms with Gasteiger partial charge in [0, 0.05) is 0 Å². The average Bonchev–Trinajstić information content (AvgIpc) is 2.52. The molecule has 1 amide bonds. The van der Waals surface area contributed by atoms with E-state index in [0.29, 0.717) is 12.0 Å². The Labute approximate surface area is 127 Å². The lowest BCUT2D eigenvalue weighted by atomic mass is 10.0. The van der Waals surface area contributed by atoms with Crippen LogP contribution in [0.1, 0.15) is 31.4 Å². The van der Waals surface area contributed by atoms with Crippen LogP contribution in [0.2, 0.25) is 0 Å². The van der Waals surface area contributed by atoms with Gasteiger partial charge in [0.15, 0.2) is 0 Å². The van der Waals surface area contributed by atoms with E-state index in [1.807, 2.05) is 6.08 Å². The number of rotatable bonds is 4. The van der Waals surface area contributed by atoms with E-state index in [4.69, 9.17) is 4.74 Å². The first kappa shape index (κ1) is 16.4. The Morgan fingerprint density at radius 1 is 1.36 bits per heavy atom. The molecule has 0 bridgehead atoms. The lowest BCUT2D eigenvalue weighted by molar-refractivity contribution is -0.189. The molecule has 0 spiro atoms. The van der Waals surface area contributed by atoms with Gasteiger partial charge in [-0.1, -0.05) is 30.3 Å². The van der Waals surface area contributed by atoms with Crippen LogP contribution in [0.15, 0.2) is 42.7 Å². The second kappa shape index (κ2) is 6.85. The number of amides is 1. The number of nitrogens with zero attached hydrogens (tertiary/aromatic N) is 1. The predicted octanol–water partition coefficient (Wildman–Crippen LogP) is 3.83. The van der Waals surface area contributed by atoms with Crippen LogP contribution in [0.4, 0.5) is 13.2 Å². The molecule has 22 heavy (non-hydrogen) atoms. The summed E-state index contributed by atoms with van der Waals surface area (Å²) in [6, 6.07) is 8.00. The van der Waals surface area contributed by atoms with Crippen molar-refractivity contribution in [3.63, 3.8) is 0 Å². The van der Waals surface area contributed by atoms with Gasteiger partial charge >= 0.3 is 12.1 Å². The Balaban J connectivity index is 2.20. The van der Waals surface area contributed by atoms with E-state index >= 15 is 0 Å². The molecule has 2 atom stereocenters. The minimum absolute atomic E-state index is 0.0846. The number of halogens is 3. The summed E-state index contributed by atoms with van der Waals surface area (Å²) < 4.78 is 44.0. The van der Waals surface area contributed by atoms with Gasteiger partial charge in [-0.25, -0.2) is 0 Å². The lowest BCUT2D eigenvalue weighted by Gasteiger charge is -2.33. The summed E-state index contributed by atoms with van der Waals surface area (Å²) in [6.07, 6.45) is -0.682. The topological polar surface area (TPSA) is 29.5 Å². The summed E-state index contributed by atoms with van der Waals surface area (Å²) in [4.78, 5) is 12.6. The number of allylic oxidation sites excluding steroid dienone is 1. The minimum Gasteiger partial charge on any atom is -0.497 e. The molecule has 0 saturated heterocycles. The average molecular weight is 313 g/mol. The van der Waals surface area contributed by atoms with Crippen molar-refractivity contribution in [3.8, 4) is 0 Å². The fourth-order valence-electron chi connectivity index (χ4n) is 2.43. The molecule has 3 nitrogen and oxygen atoms in total. The standard InChI is InChI=1S/C16H18F3NO2/c1-12(13-7-3-2-4-8-13)20(15(21)16(17,18)19)11-14-9-5-6-10-22-14/h2-4,6-8,10,12,14H,5,9,11H2,1H3/t12-,14+/m1/s1. The molecule has 1 aliphatic heterocycles. The van der Waals surface area contributed by atoms with Crippen molar-refractivity contribution in [1.82, 2.24) is 4.90 Å². The second-order valence-corrected chi connectivity index (χ2v) is 5.25. The van der Waals surface area contributed by atoms with E-state index in [-0.39, 0.29) is 6.54 Å². The van der Waals surface area contributed by atoms with Crippen molar-refractivity contribution in [2.24, 2.45) is 0 Å². The molecule has 1 heterocycles. The highest BCUT2D eigenvalue weighted by molar-refractivity contribution is 5.82. The summed E-state index contributed by atoms with van der Waals surface area (Å²) in [5.74, 6) is -1.83. The minimum atomic E-state index is -4.90. The number of benzene rings is 1. The van der Waals surface area contributed by atoms with Crippen LogP contribution in [0.3, 0.4) is 0 Å². The Hall–Kier alpha value is -1.98. The number of hydrogen-bond acceptors (Lipinski definition) is 2. The molecule has 0 unspecified atom stereocenters. The third-order valence-corrected chi connectivity index (χ3v) is 3.68. The molecule has 0 saturated carbocycles. The zero-order valence-corrected chi connectivity index (χ0v) is 12.2. The number of carbonyl (C=O) groups excluding carboxylic acids is 1. The van der Waals surface area contributed by atoms with Crippen molar-refractivity contribution in [3.05, 3.63) is 48.2 Å². The first-order valence-corrected chi connectivity index (χ1v) is 7.13. The van der Waals surface area contributed by atoms with Gasteiger partial charge in [0.25, 0.3) is 0 Å². The molecule has 0 N–H and O–H groups in total. The monoisotopic (exact) mass is 313 g/mol. The van der Waals surface area contributed by atoms with E-state index in [2.05, 4.69) is 0 Å². The first-order valence-electron chi connectivity index (χ1n) is 7.13. The van der Waals surface area contributed by atoms with Crippen LogP contribution in [-0.4, -0.2) is 29.6 Å².